The molecule has 3 N–H and O–H groups in total. The van der Waals surface area contributed by atoms with E-state index in [2.05, 4.69) is 45.2 Å². The van der Waals surface area contributed by atoms with Crippen LogP contribution < -0.4 is 15.5 Å². The van der Waals surface area contributed by atoms with Gasteiger partial charge in [0, 0.05) is 114 Å². The molecule has 0 saturated carbocycles. The molecule has 5 fully saturated rings. The van der Waals surface area contributed by atoms with Gasteiger partial charge in [-0.1, -0.05) is 60.1 Å². The first kappa shape index (κ1) is 62.3. The monoisotopic (exact) mass is 1230 g/mol. The molecule has 0 radical (unpaired) electrons. The van der Waals surface area contributed by atoms with Crippen LogP contribution in [0.15, 0.2) is 104 Å². The van der Waals surface area contributed by atoms with Gasteiger partial charge in [0.2, 0.25) is 11.8 Å². The molecule has 1 atom stereocenters. The lowest BCUT2D eigenvalue weighted by molar-refractivity contribution is -0.136. The number of fused-ring (bicyclic) bond motifs is 2. The number of alkyl halides is 3. The van der Waals surface area contributed by atoms with E-state index in [0.29, 0.717) is 133 Å². The van der Waals surface area contributed by atoms with Gasteiger partial charge in [-0.25, -0.2) is 14.8 Å². The normalized spacial score (nSPS) is 19.2. The van der Waals surface area contributed by atoms with Gasteiger partial charge in [-0.15, -0.1) is 0 Å². The summed E-state index contributed by atoms with van der Waals surface area (Å²) in [7, 11) is 0. The molecule has 5 aliphatic heterocycles. The Bertz CT molecular complexity index is 3430. The maximum atomic E-state index is 14.8. The van der Waals surface area contributed by atoms with E-state index in [1.807, 2.05) is 70.6 Å². The molecule has 0 bridgehead atoms. The first-order chi connectivity index (χ1) is 42.3. The second kappa shape index (κ2) is 26.8. The number of piperazine rings is 2. The molecule has 5 amide bonds. The third kappa shape index (κ3) is 14.7. The van der Waals surface area contributed by atoms with E-state index >= 15 is 0 Å². The van der Waals surface area contributed by atoms with Crippen molar-refractivity contribution >= 4 is 68.9 Å². The summed E-state index contributed by atoms with van der Waals surface area (Å²) in [6.07, 6.45) is 2.86. The Morgan fingerprint density at radius 3 is 2.01 bits per heavy atom. The number of carbonyl (C=O) groups is 5. The number of alkyl carbamates (subject to hydrolysis) is 1. The van der Waals surface area contributed by atoms with Crippen molar-refractivity contribution in [1.29, 1.82) is 0 Å². The van der Waals surface area contributed by atoms with Gasteiger partial charge in [0.1, 0.15) is 28.9 Å². The SMILES string of the molecule is CC(C)(C)OC(=O)NC1(C(=O)N[C@@H](CCN2CCN(C(=O)CN3CCC(CN4CCN(C(=O)c5ccc(C6CCN(C(=O)c7cccc8c(C(F)(F)F)cccc78)CC6)cc5)CC4)CC3)CC2)c2ccc(Cl)cc2)CCN(c2ncnc3[nH]ccc23)CC1. The average Bonchev–Trinajstić information content (AvgIpc) is 1.18. The van der Waals surface area contributed by atoms with Crippen molar-refractivity contribution in [3.8, 4) is 0 Å². The number of likely N-dealkylation sites (tertiary alicyclic amines) is 2. The predicted octanol–water partition coefficient (Wildman–Crippen LogP) is 9.23. The van der Waals surface area contributed by atoms with Crippen LogP contribution in [0.25, 0.3) is 21.8 Å². The third-order valence-electron chi connectivity index (χ3n) is 18.6. The smallest absolute Gasteiger partial charge is 0.417 e. The molecule has 6 aromatic rings. The lowest BCUT2D eigenvalue weighted by atomic mass is 9.85. The highest BCUT2D eigenvalue weighted by Crippen LogP contribution is 2.38. The van der Waals surface area contributed by atoms with E-state index in [0.717, 1.165) is 79.6 Å². The Hall–Kier alpha value is -7.33. The van der Waals surface area contributed by atoms with E-state index in [9.17, 15) is 37.1 Å². The Balaban J connectivity index is 0.596. The fourth-order valence-electron chi connectivity index (χ4n) is 13.5. The number of anilines is 1. The topological polar surface area (TPSA) is 183 Å². The minimum atomic E-state index is -4.52. The van der Waals surface area contributed by atoms with Crippen molar-refractivity contribution < 1.29 is 41.9 Å². The number of piperidine rings is 3. The minimum absolute atomic E-state index is 0.0194. The fraction of sp³-hybridized carbons (Fsp3) is 0.500. The molecule has 0 spiro atoms. The molecular weight excluding hydrogens is 1150 g/mol. The second-order valence-corrected chi connectivity index (χ2v) is 25.9. The van der Waals surface area contributed by atoms with Crippen molar-refractivity contribution in [1.82, 2.24) is 55.0 Å². The average molecular weight is 1230 g/mol. The van der Waals surface area contributed by atoms with Crippen LogP contribution in [0.3, 0.4) is 0 Å². The van der Waals surface area contributed by atoms with Crippen molar-refractivity contribution in [2.75, 3.05) is 116 Å². The van der Waals surface area contributed by atoms with Gasteiger partial charge >= 0.3 is 12.3 Å². The number of hydrogen-bond acceptors (Lipinski definition) is 12. The number of rotatable bonds is 15. The molecule has 7 heterocycles. The molecule has 468 valence electrons. The van der Waals surface area contributed by atoms with Gasteiger partial charge in [-0.2, -0.15) is 13.2 Å². The third-order valence-corrected chi connectivity index (χ3v) is 18.8. The first-order valence-electron chi connectivity index (χ1n) is 31.1. The molecule has 4 aromatic carbocycles. The van der Waals surface area contributed by atoms with Crippen LogP contribution in [-0.2, 0) is 20.5 Å². The zero-order chi connectivity index (χ0) is 61.7. The standard InChI is InChI=1S/C66H80ClF3N12O6/c1-64(2,3)88-63(87)75-65(24-32-80(33-25-65)59-54-18-26-71-58(54)72-44-73-59)62(86)74-56(48-14-16-50(67)17-15-48)23-29-76-34-38-79(39-35-76)57(83)43-77-27-19-45(20-28-77)42-78-36-40-82(41-37-78)60(84)49-12-10-46(11-13-49)47-21-30-81(31-22-47)61(85)53-8-4-7-52-51(53)6-5-9-55(52)66(68,69)70/h4-18,26,44-45,47,56H,19-25,27-43H2,1-3H3,(H,74,86)(H,75,87)(H,71,72,73)/t56-/m0/s1. The highest BCUT2D eigenvalue weighted by atomic mass is 35.5. The van der Waals surface area contributed by atoms with E-state index in [1.165, 1.54) is 24.5 Å². The number of ether oxygens (including phenoxy) is 1. The number of benzene rings is 4. The number of aromatic nitrogens is 3. The van der Waals surface area contributed by atoms with Crippen molar-refractivity contribution in [2.24, 2.45) is 5.92 Å². The molecule has 88 heavy (non-hydrogen) atoms. The van der Waals surface area contributed by atoms with Gasteiger partial charge in [0.25, 0.3) is 11.8 Å². The fourth-order valence-corrected chi connectivity index (χ4v) is 13.6. The highest BCUT2D eigenvalue weighted by Gasteiger charge is 2.45. The van der Waals surface area contributed by atoms with Gasteiger partial charge in [-0.05, 0) is 155 Å². The number of carbonyl (C=O) groups excluding carboxylic acids is 5. The molecule has 0 aliphatic carbocycles. The Morgan fingerprint density at radius 2 is 1.33 bits per heavy atom. The van der Waals surface area contributed by atoms with Crippen LogP contribution in [0.4, 0.5) is 23.8 Å². The summed E-state index contributed by atoms with van der Waals surface area (Å²) in [5, 5.41) is 8.15. The van der Waals surface area contributed by atoms with Crippen LogP contribution in [0.5, 0.6) is 0 Å². The van der Waals surface area contributed by atoms with Gasteiger partial charge < -0.3 is 40.0 Å². The minimum Gasteiger partial charge on any atom is -0.444 e. The van der Waals surface area contributed by atoms with Crippen molar-refractivity contribution in [3.63, 3.8) is 0 Å². The Morgan fingerprint density at radius 1 is 0.682 bits per heavy atom. The van der Waals surface area contributed by atoms with Gasteiger partial charge in [-0.3, -0.25) is 33.9 Å². The second-order valence-electron chi connectivity index (χ2n) is 25.4. The Kier molecular flexibility index (Phi) is 19.0. The van der Waals surface area contributed by atoms with Gasteiger partial charge in [0.15, 0.2) is 0 Å². The molecule has 5 saturated heterocycles. The maximum absolute atomic E-state index is 14.8. The largest absolute Gasteiger partial charge is 0.444 e. The van der Waals surface area contributed by atoms with Crippen LogP contribution in [0, 0.1) is 5.92 Å². The van der Waals surface area contributed by atoms with Crippen LogP contribution >= 0.6 is 11.6 Å². The van der Waals surface area contributed by atoms with Crippen LogP contribution in [0.2, 0.25) is 5.02 Å². The summed E-state index contributed by atoms with van der Waals surface area (Å²) in [5.41, 5.74) is 0.891. The molecule has 18 nitrogen and oxygen atoms in total. The summed E-state index contributed by atoms with van der Waals surface area (Å²) >= 11 is 6.35. The molecule has 22 heteroatoms. The number of halogens is 4. The Labute approximate surface area is 517 Å². The van der Waals surface area contributed by atoms with E-state index in [4.69, 9.17) is 16.3 Å². The van der Waals surface area contributed by atoms with E-state index in [1.54, 1.807) is 37.8 Å². The number of hydrogen-bond donors (Lipinski definition) is 3. The number of aromatic amines is 1. The van der Waals surface area contributed by atoms with Crippen LogP contribution in [0.1, 0.15) is 115 Å². The summed E-state index contributed by atoms with van der Waals surface area (Å²) in [4.78, 5) is 96.2. The summed E-state index contributed by atoms with van der Waals surface area (Å²) in [6.45, 7) is 16.7. The highest BCUT2D eigenvalue weighted by molar-refractivity contribution is 6.30. The van der Waals surface area contributed by atoms with Crippen molar-refractivity contribution in [3.05, 3.63) is 136 Å². The number of nitrogens with zero attached hydrogens (tertiary/aromatic N) is 9. The number of amides is 5. The summed E-state index contributed by atoms with van der Waals surface area (Å²) in [6, 6.07) is 25.4. The maximum Gasteiger partial charge on any atom is 0.417 e. The van der Waals surface area contributed by atoms with Crippen LogP contribution in [-0.4, -0.2) is 196 Å². The number of nitrogens with one attached hydrogen (secondary N) is 3. The zero-order valence-electron chi connectivity index (χ0n) is 50.5. The zero-order valence-corrected chi connectivity index (χ0v) is 51.3. The van der Waals surface area contributed by atoms with E-state index < -0.39 is 29.0 Å². The molecule has 0 unspecified atom stereocenters. The molecule has 5 aliphatic rings. The molecule has 11 rings (SSSR count). The quantitative estimate of drug-likeness (QED) is 0.0888. The van der Waals surface area contributed by atoms with Crippen molar-refractivity contribution in [2.45, 2.75) is 95.0 Å². The summed E-state index contributed by atoms with van der Waals surface area (Å²) in [5.74, 6) is 1.10. The molecular formula is C66H80ClF3N12O6. The van der Waals surface area contributed by atoms with E-state index in [-0.39, 0.29) is 46.5 Å². The predicted molar refractivity (Wildman–Crippen MR) is 332 cm³/mol. The molecule has 2 aromatic heterocycles. The lowest BCUT2D eigenvalue weighted by Crippen LogP contribution is -2.64. The first-order valence-corrected chi connectivity index (χ1v) is 31.5. The van der Waals surface area contributed by atoms with Gasteiger partial charge in [0.05, 0.1) is 23.5 Å². The summed E-state index contributed by atoms with van der Waals surface area (Å²) < 4.78 is 46.9. The lowest BCUT2D eigenvalue weighted by Gasteiger charge is -2.42. The number of H-pyrrole nitrogens is 1.